The molecule has 0 saturated carbocycles. The van der Waals surface area contributed by atoms with Crippen LogP contribution in [0.2, 0.25) is 0 Å². The Hall–Kier alpha value is -1.84. The first-order valence-corrected chi connectivity index (χ1v) is 8.18. The van der Waals surface area contributed by atoms with Crippen molar-refractivity contribution in [2.45, 2.75) is 40.0 Å². The summed E-state index contributed by atoms with van der Waals surface area (Å²) in [5.41, 5.74) is 1.44. The molecule has 1 aromatic rings. The highest BCUT2D eigenvalue weighted by Crippen LogP contribution is 2.23. The second-order valence-electron chi connectivity index (χ2n) is 6.53. The second kappa shape index (κ2) is 7.43. The molecular formula is C18H26N2O2. The summed E-state index contributed by atoms with van der Waals surface area (Å²) in [6.07, 6.45) is 2.53. The van der Waals surface area contributed by atoms with Crippen LogP contribution >= 0.6 is 0 Å². The molecule has 1 aliphatic rings. The van der Waals surface area contributed by atoms with E-state index in [-0.39, 0.29) is 11.8 Å². The number of nitrogens with one attached hydrogen (secondary N) is 1. The van der Waals surface area contributed by atoms with Crippen LogP contribution in [-0.4, -0.2) is 29.8 Å². The molecule has 0 bridgehead atoms. The molecule has 0 unspecified atom stereocenters. The molecule has 2 amide bonds. The highest BCUT2D eigenvalue weighted by molar-refractivity contribution is 5.95. The molecule has 1 aromatic carbocycles. The summed E-state index contributed by atoms with van der Waals surface area (Å²) in [5, 5.41) is 2.84. The molecule has 120 valence electrons. The van der Waals surface area contributed by atoms with Crippen LogP contribution in [0.4, 0.5) is 5.69 Å². The molecule has 0 radical (unpaired) electrons. The molecule has 2 atom stereocenters. The molecule has 2 rings (SSSR count). The van der Waals surface area contributed by atoms with Crippen LogP contribution in [0.3, 0.4) is 0 Å². The van der Waals surface area contributed by atoms with E-state index >= 15 is 0 Å². The van der Waals surface area contributed by atoms with Crippen LogP contribution < -0.4 is 5.32 Å². The van der Waals surface area contributed by atoms with Crippen LogP contribution in [0.15, 0.2) is 24.3 Å². The lowest BCUT2D eigenvalue weighted by molar-refractivity contribution is -0.116. The molecule has 4 heteroatoms. The third-order valence-electron chi connectivity index (χ3n) is 4.05. The number of amides is 2. The van der Waals surface area contributed by atoms with E-state index in [4.69, 9.17) is 0 Å². The number of piperidine rings is 1. The number of rotatable bonds is 4. The standard InChI is InChI=1S/C18H26N2O2/c1-4-5-17(21)19-16-8-6-15(7-9-16)18(22)20-11-13(2)10-14(3)12-20/h6-9,13-14H,4-5,10-12H2,1-3H3,(H,19,21)/t13-,14-/m0/s1. The van der Waals surface area contributed by atoms with E-state index in [0.717, 1.165) is 25.2 Å². The maximum absolute atomic E-state index is 12.6. The topological polar surface area (TPSA) is 49.4 Å². The lowest BCUT2D eigenvalue weighted by Crippen LogP contribution is -2.42. The van der Waals surface area contributed by atoms with Gasteiger partial charge in [-0.1, -0.05) is 20.8 Å². The van der Waals surface area contributed by atoms with Crippen LogP contribution in [0.1, 0.15) is 50.4 Å². The van der Waals surface area contributed by atoms with E-state index in [0.29, 0.717) is 23.8 Å². The van der Waals surface area contributed by atoms with Crippen LogP contribution in [0, 0.1) is 11.8 Å². The SMILES string of the molecule is CCCC(=O)Nc1ccc(C(=O)N2C[C@@H](C)C[C@H](C)C2)cc1. The molecule has 1 aliphatic heterocycles. The number of anilines is 1. The van der Waals surface area contributed by atoms with Crippen LogP contribution in [0.5, 0.6) is 0 Å². The van der Waals surface area contributed by atoms with Crippen molar-refractivity contribution in [2.75, 3.05) is 18.4 Å². The second-order valence-corrected chi connectivity index (χ2v) is 6.53. The van der Waals surface area contributed by atoms with Gasteiger partial charge in [-0.25, -0.2) is 0 Å². The van der Waals surface area contributed by atoms with Crippen molar-refractivity contribution >= 4 is 17.5 Å². The van der Waals surface area contributed by atoms with Crippen molar-refractivity contribution in [1.29, 1.82) is 0 Å². The number of nitrogens with zero attached hydrogens (tertiary/aromatic N) is 1. The molecule has 0 aliphatic carbocycles. The number of hydrogen-bond donors (Lipinski definition) is 1. The van der Waals surface area contributed by atoms with Gasteiger partial charge >= 0.3 is 0 Å². The first-order chi connectivity index (χ1) is 10.5. The predicted octanol–water partition coefficient (Wildman–Crippen LogP) is 3.54. The average Bonchev–Trinajstić information content (AvgIpc) is 2.46. The molecule has 1 fully saturated rings. The van der Waals surface area contributed by atoms with Crippen molar-refractivity contribution < 1.29 is 9.59 Å². The van der Waals surface area contributed by atoms with Gasteiger partial charge < -0.3 is 10.2 Å². The molecule has 22 heavy (non-hydrogen) atoms. The maximum Gasteiger partial charge on any atom is 0.253 e. The first kappa shape index (κ1) is 16.5. The fourth-order valence-electron chi connectivity index (χ4n) is 3.16. The first-order valence-electron chi connectivity index (χ1n) is 8.18. The Balaban J connectivity index is 2.00. The Labute approximate surface area is 132 Å². The smallest absolute Gasteiger partial charge is 0.253 e. The molecule has 0 spiro atoms. The Morgan fingerprint density at radius 2 is 1.73 bits per heavy atom. The van der Waals surface area contributed by atoms with Gasteiger partial charge in [-0.3, -0.25) is 9.59 Å². The van der Waals surface area contributed by atoms with Crippen LogP contribution in [0.25, 0.3) is 0 Å². The lowest BCUT2D eigenvalue weighted by atomic mass is 9.91. The van der Waals surface area contributed by atoms with Crippen molar-refractivity contribution in [3.63, 3.8) is 0 Å². The summed E-state index contributed by atoms with van der Waals surface area (Å²) < 4.78 is 0. The van der Waals surface area contributed by atoms with Gasteiger partial charge in [-0.05, 0) is 48.9 Å². The van der Waals surface area contributed by atoms with Gasteiger partial charge in [0, 0.05) is 30.8 Å². The Morgan fingerprint density at radius 1 is 1.14 bits per heavy atom. The summed E-state index contributed by atoms with van der Waals surface area (Å²) in [5.74, 6) is 1.21. The average molecular weight is 302 g/mol. The molecule has 1 saturated heterocycles. The monoisotopic (exact) mass is 302 g/mol. The zero-order valence-electron chi connectivity index (χ0n) is 13.8. The van der Waals surface area contributed by atoms with Gasteiger partial charge in [-0.15, -0.1) is 0 Å². The van der Waals surface area contributed by atoms with Gasteiger partial charge in [0.15, 0.2) is 0 Å². The highest BCUT2D eigenvalue weighted by atomic mass is 16.2. The number of likely N-dealkylation sites (tertiary alicyclic amines) is 1. The third kappa shape index (κ3) is 4.33. The fourth-order valence-corrected chi connectivity index (χ4v) is 3.16. The molecule has 1 heterocycles. The van der Waals surface area contributed by atoms with Gasteiger partial charge in [0.1, 0.15) is 0 Å². The van der Waals surface area contributed by atoms with Crippen molar-refractivity contribution in [3.8, 4) is 0 Å². The zero-order valence-corrected chi connectivity index (χ0v) is 13.8. The van der Waals surface area contributed by atoms with Crippen molar-refractivity contribution in [3.05, 3.63) is 29.8 Å². The van der Waals surface area contributed by atoms with Crippen molar-refractivity contribution in [1.82, 2.24) is 4.90 Å². The summed E-state index contributed by atoms with van der Waals surface area (Å²) in [7, 11) is 0. The zero-order chi connectivity index (χ0) is 16.1. The molecule has 4 nitrogen and oxygen atoms in total. The number of benzene rings is 1. The molecular weight excluding hydrogens is 276 g/mol. The van der Waals surface area contributed by atoms with Gasteiger partial charge in [0.05, 0.1) is 0 Å². The van der Waals surface area contributed by atoms with Gasteiger partial charge in [0.25, 0.3) is 5.91 Å². The lowest BCUT2D eigenvalue weighted by Gasteiger charge is -2.35. The number of carbonyl (C=O) groups excluding carboxylic acids is 2. The van der Waals surface area contributed by atoms with E-state index in [1.54, 1.807) is 24.3 Å². The summed E-state index contributed by atoms with van der Waals surface area (Å²) >= 11 is 0. The molecule has 1 N–H and O–H groups in total. The quantitative estimate of drug-likeness (QED) is 0.924. The maximum atomic E-state index is 12.6. The number of hydrogen-bond acceptors (Lipinski definition) is 2. The van der Waals surface area contributed by atoms with Crippen LogP contribution in [-0.2, 0) is 4.79 Å². The fraction of sp³-hybridized carbons (Fsp3) is 0.556. The minimum Gasteiger partial charge on any atom is -0.338 e. The Bertz CT molecular complexity index is 514. The summed E-state index contributed by atoms with van der Waals surface area (Å²) in [6, 6.07) is 7.21. The minimum absolute atomic E-state index is 0.0141. The normalized spacial score (nSPS) is 21.5. The van der Waals surface area contributed by atoms with E-state index in [9.17, 15) is 9.59 Å². The third-order valence-corrected chi connectivity index (χ3v) is 4.05. The Kier molecular flexibility index (Phi) is 5.58. The predicted molar refractivity (Wildman–Crippen MR) is 88.8 cm³/mol. The van der Waals surface area contributed by atoms with E-state index in [2.05, 4.69) is 19.2 Å². The Morgan fingerprint density at radius 3 is 2.27 bits per heavy atom. The van der Waals surface area contributed by atoms with Gasteiger partial charge in [-0.2, -0.15) is 0 Å². The van der Waals surface area contributed by atoms with Crippen molar-refractivity contribution in [2.24, 2.45) is 11.8 Å². The van der Waals surface area contributed by atoms with E-state index in [1.165, 1.54) is 6.42 Å². The number of carbonyl (C=O) groups is 2. The largest absolute Gasteiger partial charge is 0.338 e. The minimum atomic E-state index is 0.0141. The summed E-state index contributed by atoms with van der Waals surface area (Å²) in [4.78, 5) is 26.1. The highest BCUT2D eigenvalue weighted by Gasteiger charge is 2.25. The summed E-state index contributed by atoms with van der Waals surface area (Å²) in [6.45, 7) is 8.03. The van der Waals surface area contributed by atoms with Gasteiger partial charge in [0.2, 0.25) is 5.91 Å². The van der Waals surface area contributed by atoms with E-state index < -0.39 is 0 Å². The van der Waals surface area contributed by atoms with E-state index in [1.807, 2.05) is 11.8 Å². The molecule has 0 aromatic heterocycles.